The van der Waals surface area contributed by atoms with Crippen LogP contribution < -0.4 is 26.3 Å². The summed E-state index contributed by atoms with van der Waals surface area (Å²) in [6.45, 7) is 0. The van der Waals surface area contributed by atoms with Crippen molar-refractivity contribution in [2.45, 2.75) is 0 Å². The number of hydrogen-bond donors (Lipinski definition) is 3. The molecule has 0 spiro atoms. The SMILES string of the molecule is COc1cc(C(=O)Nc2ccc(N)cc2Cl)c(OC)cc1N. The Morgan fingerprint density at radius 3 is 2.36 bits per heavy atom. The van der Waals surface area contributed by atoms with Gasteiger partial charge in [0.15, 0.2) is 0 Å². The minimum atomic E-state index is -0.401. The molecule has 2 aromatic rings. The molecule has 0 radical (unpaired) electrons. The fraction of sp³-hybridized carbons (Fsp3) is 0.133. The molecule has 1 amide bonds. The third-order valence-corrected chi connectivity index (χ3v) is 3.35. The predicted octanol–water partition coefficient (Wildman–Crippen LogP) is 2.77. The van der Waals surface area contributed by atoms with Gasteiger partial charge in [-0.05, 0) is 24.3 Å². The van der Waals surface area contributed by atoms with E-state index in [0.717, 1.165) is 0 Å². The number of amides is 1. The van der Waals surface area contributed by atoms with E-state index >= 15 is 0 Å². The summed E-state index contributed by atoms with van der Waals surface area (Å²) in [5.41, 5.74) is 13.0. The Labute approximate surface area is 133 Å². The molecule has 0 aliphatic carbocycles. The maximum Gasteiger partial charge on any atom is 0.259 e. The molecule has 0 bridgehead atoms. The van der Waals surface area contributed by atoms with Gasteiger partial charge in [0.05, 0.1) is 36.2 Å². The van der Waals surface area contributed by atoms with Crippen molar-refractivity contribution < 1.29 is 14.3 Å². The maximum absolute atomic E-state index is 12.4. The van der Waals surface area contributed by atoms with Crippen LogP contribution in [-0.2, 0) is 0 Å². The summed E-state index contributed by atoms with van der Waals surface area (Å²) in [5, 5.41) is 3.04. The highest BCUT2D eigenvalue weighted by Gasteiger charge is 2.17. The van der Waals surface area contributed by atoms with Crippen LogP contribution in [0.25, 0.3) is 0 Å². The van der Waals surface area contributed by atoms with E-state index in [1.165, 1.54) is 26.4 Å². The fourth-order valence-corrected chi connectivity index (χ4v) is 2.16. The Bertz CT molecular complexity index is 719. The number of nitrogens with one attached hydrogen (secondary N) is 1. The Hall–Kier alpha value is -2.60. The van der Waals surface area contributed by atoms with Crippen LogP contribution in [0.4, 0.5) is 17.1 Å². The van der Waals surface area contributed by atoms with Gasteiger partial charge in [0.1, 0.15) is 11.5 Å². The van der Waals surface area contributed by atoms with E-state index in [9.17, 15) is 4.79 Å². The highest BCUT2D eigenvalue weighted by Crippen LogP contribution is 2.32. The molecule has 0 aliphatic rings. The van der Waals surface area contributed by atoms with E-state index in [1.807, 2.05) is 0 Å². The van der Waals surface area contributed by atoms with Crippen molar-refractivity contribution >= 4 is 34.6 Å². The summed E-state index contributed by atoms with van der Waals surface area (Å²) in [5.74, 6) is 0.318. The topological polar surface area (TPSA) is 99.6 Å². The highest BCUT2D eigenvalue weighted by atomic mass is 35.5. The Morgan fingerprint density at radius 2 is 1.77 bits per heavy atom. The van der Waals surface area contributed by atoms with Crippen LogP contribution in [0.2, 0.25) is 5.02 Å². The number of ether oxygens (including phenoxy) is 2. The van der Waals surface area contributed by atoms with Crippen molar-refractivity contribution in [1.29, 1.82) is 0 Å². The molecule has 5 N–H and O–H groups in total. The second-order valence-corrected chi connectivity index (χ2v) is 4.90. The fourth-order valence-electron chi connectivity index (χ4n) is 1.92. The maximum atomic E-state index is 12.4. The van der Waals surface area contributed by atoms with E-state index in [1.54, 1.807) is 18.2 Å². The van der Waals surface area contributed by atoms with Gasteiger partial charge in [-0.3, -0.25) is 4.79 Å². The first kappa shape index (κ1) is 15.8. The monoisotopic (exact) mass is 321 g/mol. The average Bonchev–Trinajstić information content (AvgIpc) is 2.49. The third kappa shape index (κ3) is 3.17. The summed E-state index contributed by atoms with van der Waals surface area (Å²) < 4.78 is 10.3. The quantitative estimate of drug-likeness (QED) is 0.752. The first-order chi connectivity index (χ1) is 10.5. The molecule has 0 atom stereocenters. The number of carbonyl (C=O) groups is 1. The van der Waals surface area contributed by atoms with Crippen LogP contribution in [0.15, 0.2) is 30.3 Å². The molecule has 116 valence electrons. The van der Waals surface area contributed by atoms with Crippen molar-refractivity contribution in [2.75, 3.05) is 31.0 Å². The number of benzene rings is 2. The largest absolute Gasteiger partial charge is 0.496 e. The molecule has 0 aliphatic heterocycles. The summed E-state index contributed by atoms with van der Waals surface area (Å²) in [6.07, 6.45) is 0. The number of carbonyl (C=O) groups excluding carboxylic acids is 1. The van der Waals surface area contributed by atoms with E-state index in [-0.39, 0.29) is 5.56 Å². The van der Waals surface area contributed by atoms with Gasteiger partial charge < -0.3 is 26.3 Å². The second kappa shape index (κ2) is 6.44. The Balaban J connectivity index is 2.36. The van der Waals surface area contributed by atoms with Crippen LogP contribution >= 0.6 is 11.6 Å². The van der Waals surface area contributed by atoms with Gasteiger partial charge in [0, 0.05) is 11.8 Å². The summed E-state index contributed by atoms with van der Waals surface area (Å²) in [6, 6.07) is 7.85. The standard InChI is InChI=1S/C15H16ClN3O3/c1-21-13-7-11(18)14(22-2)6-9(13)15(20)19-12-4-3-8(17)5-10(12)16/h3-7H,17-18H2,1-2H3,(H,19,20). The van der Waals surface area contributed by atoms with Crippen molar-refractivity contribution in [3.8, 4) is 11.5 Å². The third-order valence-electron chi connectivity index (χ3n) is 3.04. The van der Waals surface area contributed by atoms with Gasteiger partial charge in [0.2, 0.25) is 0 Å². The molecule has 0 aromatic heterocycles. The first-order valence-electron chi connectivity index (χ1n) is 6.34. The van der Waals surface area contributed by atoms with Crippen LogP contribution in [0.3, 0.4) is 0 Å². The molecule has 0 fully saturated rings. The zero-order valence-electron chi connectivity index (χ0n) is 12.1. The number of hydrogen-bond acceptors (Lipinski definition) is 5. The van der Waals surface area contributed by atoms with Gasteiger partial charge in [0.25, 0.3) is 5.91 Å². The second-order valence-electron chi connectivity index (χ2n) is 4.49. The molecule has 2 rings (SSSR count). The molecular formula is C15H16ClN3O3. The summed E-state index contributed by atoms with van der Waals surface area (Å²) in [7, 11) is 2.92. The lowest BCUT2D eigenvalue weighted by Gasteiger charge is -2.13. The summed E-state index contributed by atoms with van der Waals surface area (Å²) >= 11 is 6.05. The highest BCUT2D eigenvalue weighted by molar-refractivity contribution is 6.34. The molecule has 0 unspecified atom stereocenters. The number of rotatable bonds is 4. The molecule has 7 heteroatoms. The predicted molar refractivity (Wildman–Crippen MR) is 87.8 cm³/mol. The average molecular weight is 322 g/mol. The molecule has 0 saturated heterocycles. The minimum Gasteiger partial charge on any atom is -0.496 e. The van der Waals surface area contributed by atoms with Crippen molar-refractivity contribution in [3.63, 3.8) is 0 Å². The molecule has 0 saturated carbocycles. The Morgan fingerprint density at radius 1 is 1.09 bits per heavy atom. The lowest BCUT2D eigenvalue weighted by atomic mass is 10.1. The van der Waals surface area contributed by atoms with Gasteiger partial charge in [-0.1, -0.05) is 11.6 Å². The van der Waals surface area contributed by atoms with Gasteiger partial charge in [-0.2, -0.15) is 0 Å². The van der Waals surface area contributed by atoms with Crippen molar-refractivity contribution in [2.24, 2.45) is 0 Å². The molecular weight excluding hydrogens is 306 g/mol. The van der Waals surface area contributed by atoms with Gasteiger partial charge >= 0.3 is 0 Å². The van der Waals surface area contributed by atoms with E-state index in [0.29, 0.717) is 33.6 Å². The van der Waals surface area contributed by atoms with Crippen LogP contribution in [0.1, 0.15) is 10.4 Å². The van der Waals surface area contributed by atoms with E-state index in [2.05, 4.69) is 5.32 Å². The lowest BCUT2D eigenvalue weighted by molar-refractivity contribution is 0.102. The number of nitrogen functional groups attached to an aromatic ring is 2. The number of anilines is 3. The normalized spacial score (nSPS) is 10.1. The molecule has 22 heavy (non-hydrogen) atoms. The van der Waals surface area contributed by atoms with Crippen LogP contribution in [-0.4, -0.2) is 20.1 Å². The smallest absolute Gasteiger partial charge is 0.259 e. The van der Waals surface area contributed by atoms with Crippen LogP contribution in [0, 0.1) is 0 Å². The zero-order chi connectivity index (χ0) is 16.3. The first-order valence-corrected chi connectivity index (χ1v) is 6.72. The number of nitrogens with two attached hydrogens (primary N) is 2. The zero-order valence-corrected chi connectivity index (χ0v) is 12.9. The Kier molecular flexibility index (Phi) is 4.62. The number of methoxy groups -OCH3 is 2. The molecule has 6 nitrogen and oxygen atoms in total. The van der Waals surface area contributed by atoms with Crippen molar-refractivity contribution in [3.05, 3.63) is 40.9 Å². The molecule has 0 heterocycles. The van der Waals surface area contributed by atoms with Gasteiger partial charge in [-0.15, -0.1) is 0 Å². The van der Waals surface area contributed by atoms with Crippen LogP contribution in [0.5, 0.6) is 11.5 Å². The van der Waals surface area contributed by atoms with Crippen molar-refractivity contribution in [1.82, 2.24) is 0 Å². The lowest BCUT2D eigenvalue weighted by Crippen LogP contribution is -2.14. The van der Waals surface area contributed by atoms with E-state index in [4.69, 9.17) is 32.5 Å². The van der Waals surface area contributed by atoms with Gasteiger partial charge in [-0.25, -0.2) is 0 Å². The minimum absolute atomic E-state index is 0.279. The number of halogens is 1. The van der Waals surface area contributed by atoms with E-state index < -0.39 is 5.91 Å². The molecule has 2 aromatic carbocycles. The summed E-state index contributed by atoms with van der Waals surface area (Å²) in [4.78, 5) is 12.4.